The normalized spacial score (nSPS) is 32.0. The van der Waals surface area contributed by atoms with Gasteiger partial charge in [0.15, 0.2) is 0 Å². The molecule has 0 aromatic rings. The highest BCUT2D eigenvalue weighted by Gasteiger charge is 2.28. The van der Waals surface area contributed by atoms with Crippen molar-refractivity contribution >= 4 is 0 Å². The van der Waals surface area contributed by atoms with Gasteiger partial charge in [0.05, 0.1) is 6.61 Å². The van der Waals surface area contributed by atoms with Gasteiger partial charge >= 0.3 is 0 Å². The first-order valence-corrected chi connectivity index (χ1v) is 9.37. The number of ether oxygens (including phenoxy) is 1. The maximum absolute atomic E-state index is 5.76. The maximum atomic E-state index is 5.76. The molecular weight excluding hydrogens is 260 g/mol. The summed E-state index contributed by atoms with van der Waals surface area (Å²) in [6.07, 6.45) is 9.46. The quantitative estimate of drug-likeness (QED) is 0.780. The summed E-state index contributed by atoms with van der Waals surface area (Å²) >= 11 is 0. The summed E-state index contributed by atoms with van der Waals surface area (Å²) in [7, 11) is 0. The lowest BCUT2D eigenvalue weighted by Gasteiger charge is -2.35. The van der Waals surface area contributed by atoms with E-state index in [1.54, 1.807) is 0 Å². The van der Waals surface area contributed by atoms with Crippen LogP contribution in [-0.2, 0) is 4.74 Å². The minimum absolute atomic E-state index is 0.674. The molecule has 1 N–H and O–H groups in total. The molecule has 3 nitrogen and oxygen atoms in total. The number of likely N-dealkylation sites (tertiary alicyclic amines) is 1. The van der Waals surface area contributed by atoms with Crippen LogP contribution in [0.2, 0.25) is 0 Å². The molecule has 0 spiro atoms. The van der Waals surface area contributed by atoms with Gasteiger partial charge < -0.3 is 15.0 Å². The van der Waals surface area contributed by atoms with Gasteiger partial charge in [-0.2, -0.15) is 0 Å². The standard InChI is InChI=1S/C18H36N2O/c1-3-6-16-7-5-11-20(12-8-16)14-17-15-21-13-9-18(17)19-10-4-2/h16-19H,3-15H2,1-2H3. The molecule has 3 heteroatoms. The van der Waals surface area contributed by atoms with Gasteiger partial charge in [-0.05, 0) is 57.7 Å². The van der Waals surface area contributed by atoms with Crippen LogP contribution < -0.4 is 5.32 Å². The summed E-state index contributed by atoms with van der Waals surface area (Å²) < 4.78 is 5.76. The van der Waals surface area contributed by atoms with Crippen molar-refractivity contribution in [3.05, 3.63) is 0 Å². The van der Waals surface area contributed by atoms with E-state index in [1.807, 2.05) is 0 Å². The Morgan fingerprint density at radius 1 is 1.10 bits per heavy atom. The average molecular weight is 296 g/mol. The third-order valence-corrected chi connectivity index (χ3v) is 5.26. The second-order valence-corrected chi connectivity index (χ2v) is 7.07. The molecule has 3 unspecified atom stereocenters. The van der Waals surface area contributed by atoms with Crippen molar-refractivity contribution in [2.24, 2.45) is 11.8 Å². The van der Waals surface area contributed by atoms with Gasteiger partial charge in [0, 0.05) is 25.1 Å². The Morgan fingerprint density at radius 2 is 2.00 bits per heavy atom. The Labute approximate surface area is 131 Å². The van der Waals surface area contributed by atoms with Crippen LogP contribution in [0.3, 0.4) is 0 Å². The third kappa shape index (κ3) is 5.88. The lowest BCUT2D eigenvalue weighted by Crippen LogP contribution is -2.48. The molecule has 2 aliphatic rings. The van der Waals surface area contributed by atoms with Gasteiger partial charge in [0.25, 0.3) is 0 Å². The lowest BCUT2D eigenvalue weighted by atomic mass is 9.94. The highest BCUT2D eigenvalue weighted by Crippen LogP contribution is 2.24. The molecule has 0 amide bonds. The number of hydrogen-bond donors (Lipinski definition) is 1. The van der Waals surface area contributed by atoms with E-state index >= 15 is 0 Å². The number of rotatable bonds is 7. The third-order valence-electron chi connectivity index (χ3n) is 5.26. The molecule has 2 fully saturated rings. The fraction of sp³-hybridized carbons (Fsp3) is 1.00. The molecule has 0 aliphatic carbocycles. The monoisotopic (exact) mass is 296 g/mol. The van der Waals surface area contributed by atoms with Crippen LogP contribution in [0.15, 0.2) is 0 Å². The first kappa shape index (κ1) is 17.2. The van der Waals surface area contributed by atoms with E-state index in [1.165, 1.54) is 64.6 Å². The smallest absolute Gasteiger partial charge is 0.0521 e. The second kappa shape index (κ2) is 9.81. The van der Waals surface area contributed by atoms with Crippen LogP contribution in [0.5, 0.6) is 0 Å². The molecular formula is C18H36N2O. The van der Waals surface area contributed by atoms with E-state index in [4.69, 9.17) is 4.74 Å². The van der Waals surface area contributed by atoms with Gasteiger partial charge in [0.1, 0.15) is 0 Å². The highest BCUT2D eigenvalue weighted by atomic mass is 16.5. The summed E-state index contributed by atoms with van der Waals surface area (Å²) in [5.74, 6) is 1.67. The van der Waals surface area contributed by atoms with E-state index in [0.717, 1.165) is 25.7 Å². The fourth-order valence-electron chi connectivity index (χ4n) is 4.01. The van der Waals surface area contributed by atoms with Crippen LogP contribution >= 0.6 is 0 Å². The molecule has 2 aliphatic heterocycles. The molecule has 0 bridgehead atoms. The van der Waals surface area contributed by atoms with Crippen molar-refractivity contribution in [1.82, 2.24) is 10.2 Å². The van der Waals surface area contributed by atoms with Crippen LogP contribution in [0.25, 0.3) is 0 Å². The zero-order chi connectivity index (χ0) is 14.9. The van der Waals surface area contributed by atoms with Crippen LogP contribution in [0, 0.1) is 11.8 Å². The molecule has 2 saturated heterocycles. The first-order valence-electron chi connectivity index (χ1n) is 9.37. The first-order chi connectivity index (χ1) is 10.3. The summed E-state index contributed by atoms with van der Waals surface area (Å²) in [6.45, 7) is 11.5. The Morgan fingerprint density at radius 3 is 2.81 bits per heavy atom. The Hall–Kier alpha value is -0.120. The summed E-state index contributed by atoms with van der Waals surface area (Å²) in [4.78, 5) is 2.72. The molecule has 124 valence electrons. The van der Waals surface area contributed by atoms with Crippen LogP contribution in [0.4, 0.5) is 0 Å². The minimum Gasteiger partial charge on any atom is -0.381 e. The van der Waals surface area contributed by atoms with E-state index in [0.29, 0.717) is 12.0 Å². The minimum atomic E-state index is 0.674. The van der Waals surface area contributed by atoms with Gasteiger partial charge in [-0.15, -0.1) is 0 Å². The van der Waals surface area contributed by atoms with Crippen molar-refractivity contribution in [2.45, 2.75) is 64.8 Å². The Bertz CT molecular complexity index is 272. The number of hydrogen-bond acceptors (Lipinski definition) is 3. The molecule has 2 heterocycles. The molecule has 0 saturated carbocycles. The SMILES string of the molecule is CCCNC1CCOCC1CN1CCCC(CCC)CC1. The molecule has 21 heavy (non-hydrogen) atoms. The molecule has 3 atom stereocenters. The molecule has 0 aromatic heterocycles. The molecule has 0 aromatic carbocycles. The van der Waals surface area contributed by atoms with Gasteiger partial charge in [-0.1, -0.05) is 26.7 Å². The zero-order valence-electron chi connectivity index (χ0n) is 14.3. The van der Waals surface area contributed by atoms with E-state index in [2.05, 4.69) is 24.1 Å². The highest BCUT2D eigenvalue weighted by molar-refractivity contribution is 4.83. The summed E-state index contributed by atoms with van der Waals surface area (Å²) in [6, 6.07) is 0.674. The summed E-state index contributed by atoms with van der Waals surface area (Å²) in [5, 5.41) is 3.75. The van der Waals surface area contributed by atoms with Gasteiger partial charge in [-0.3, -0.25) is 0 Å². The van der Waals surface area contributed by atoms with Crippen LogP contribution in [-0.4, -0.2) is 50.3 Å². The largest absolute Gasteiger partial charge is 0.381 e. The Balaban J connectivity index is 1.78. The van der Waals surface area contributed by atoms with Crippen molar-refractivity contribution in [3.8, 4) is 0 Å². The molecule has 2 rings (SSSR count). The summed E-state index contributed by atoms with van der Waals surface area (Å²) in [5.41, 5.74) is 0. The van der Waals surface area contributed by atoms with Crippen molar-refractivity contribution in [2.75, 3.05) is 39.4 Å². The number of nitrogens with zero attached hydrogens (tertiary/aromatic N) is 1. The Kier molecular flexibility index (Phi) is 8.05. The van der Waals surface area contributed by atoms with Gasteiger partial charge in [0.2, 0.25) is 0 Å². The fourth-order valence-corrected chi connectivity index (χ4v) is 4.01. The van der Waals surface area contributed by atoms with E-state index in [9.17, 15) is 0 Å². The molecule has 0 radical (unpaired) electrons. The van der Waals surface area contributed by atoms with Crippen molar-refractivity contribution in [1.29, 1.82) is 0 Å². The zero-order valence-corrected chi connectivity index (χ0v) is 14.3. The topological polar surface area (TPSA) is 24.5 Å². The second-order valence-electron chi connectivity index (χ2n) is 7.07. The van der Waals surface area contributed by atoms with E-state index < -0.39 is 0 Å². The predicted octanol–water partition coefficient (Wildman–Crippen LogP) is 3.29. The van der Waals surface area contributed by atoms with E-state index in [-0.39, 0.29) is 0 Å². The van der Waals surface area contributed by atoms with Crippen molar-refractivity contribution in [3.63, 3.8) is 0 Å². The number of nitrogens with one attached hydrogen (secondary N) is 1. The predicted molar refractivity (Wildman–Crippen MR) is 89.7 cm³/mol. The lowest BCUT2D eigenvalue weighted by molar-refractivity contribution is 0.0169. The average Bonchev–Trinajstić information content (AvgIpc) is 2.72. The maximum Gasteiger partial charge on any atom is 0.0521 e. The van der Waals surface area contributed by atoms with Crippen molar-refractivity contribution < 1.29 is 4.74 Å². The van der Waals surface area contributed by atoms with Gasteiger partial charge in [-0.25, -0.2) is 0 Å². The van der Waals surface area contributed by atoms with Crippen LogP contribution in [0.1, 0.15) is 58.8 Å².